The van der Waals surface area contributed by atoms with E-state index in [0.717, 1.165) is 25.7 Å². The average Bonchev–Trinajstić information content (AvgIpc) is 2.72. The molecule has 0 aromatic rings. The Kier molecular flexibility index (Phi) is 4.62. The number of halogens is 3. The lowest BCUT2D eigenvalue weighted by Crippen LogP contribution is -2.46. The summed E-state index contributed by atoms with van der Waals surface area (Å²) < 4.78 is 35.5. The van der Waals surface area contributed by atoms with Crippen LogP contribution in [0.25, 0.3) is 0 Å². The van der Waals surface area contributed by atoms with Gasteiger partial charge in [-0.3, -0.25) is 0 Å². The van der Waals surface area contributed by atoms with Crippen LogP contribution < -0.4 is 16.4 Å². The molecule has 100 valence electrons. The van der Waals surface area contributed by atoms with Crippen LogP contribution in [0.5, 0.6) is 0 Å². The molecule has 0 aliphatic heterocycles. The van der Waals surface area contributed by atoms with Crippen molar-refractivity contribution in [3.63, 3.8) is 0 Å². The minimum atomic E-state index is -4.38. The van der Waals surface area contributed by atoms with Crippen LogP contribution in [0, 0.1) is 5.41 Å². The van der Waals surface area contributed by atoms with Crippen LogP contribution >= 0.6 is 0 Å². The summed E-state index contributed by atoms with van der Waals surface area (Å²) in [6.07, 6.45) is -0.422. The second kappa shape index (κ2) is 5.57. The molecule has 0 aromatic carbocycles. The van der Waals surface area contributed by atoms with E-state index in [9.17, 15) is 18.0 Å². The number of rotatable bonds is 4. The molecule has 1 saturated carbocycles. The van der Waals surface area contributed by atoms with Gasteiger partial charge in [0.05, 0.1) is 0 Å². The number of amides is 2. The summed E-state index contributed by atoms with van der Waals surface area (Å²) in [6.45, 7) is -0.520. The summed E-state index contributed by atoms with van der Waals surface area (Å²) >= 11 is 0. The van der Waals surface area contributed by atoms with Gasteiger partial charge in [-0.1, -0.05) is 12.8 Å². The summed E-state index contributed by atoms with van der Waals surface area (Å²) in [4.78, 5) is 11.1. The molecule has 1 fully saturated rings. The second-order valence-corrected chi connectivity index (χ2v) is 4.56. The van der Waals surface area contributed by atoms with Crippen LogP contribution in [0.15, 0.2) is 0 Å². The molecule has 0 atom stereocenters. The van der Waals surface area contributed by atoms with Crippen molar-refractivity contribution in [2.24, 2.45) is 11.1 Å². The Balaban J connectivity index is 2.27. The van der Waals surface area contributed by atoms with E-state index in [1.165, 1.54) is 0 Å². The first-order chi connectivity index (χ1) is 7.87. The summed E-state index contributed by atoms with van der Waals surface area (Å²) in [5.74, 6) is 0. The minimum Gasteiger partial charge on any atom is -0.338 e. The van der Waals surface area contributed by atoms with E-state index >= 15 is 0 Å². The Morgan fingerprint density at radius 1 is 1.24 bits per heavy atom. The molecular weight excluding hydrogens is 235 g/mol. The fraction of sp³-hybridized carbons (Fsp3) is 0.900. The third-order valence-electron chi connectivity index (χ3n) is 3.17. The van der Waals surface area contributed by atoms with Gasteiger partial charge in [0.15, 0.2) is 0 Å². The highest BCUT2D eigenvalue weighted by molar-refractivity contribution is 5.73. The molecule has 2 amide bonds. The Hall–Kier alpha value is -0.980. The van der Waals surface area contributed by atoms with Crippen LogP contribution in [0.1, 0.15) is 25.7 Å². The highest BCUT2D eigenvalue weighted by Crippen LogP contribution is 2.36. The van der Waals surface area contributed by atoms with Crippen molar-refractivity contribution in [1.29, 1.82) is 0 Å². The van der Waals surface area contributed by atoms with Gasteiger partial charge in [0, 0.05) is 12.0 Å². The van der Waals surface area contributed by atoms with Crippen molar-refractivity contribution >= 4 is 6.03 Å². The Morgan fingerprint density at radius 3 is 2.29 bits per heavy atom. The van der Waals surface area contributed by atoms with Crippen LogP contribution in [0.2, 0.25) is 0 Å². The zero-order chi connectivity index (χ0) is 12.9. The molecule has 0 bridgehead atoms. The quantitative estimate of drug-likeness (QED) is 0.708. The highest BCUT2D eigenvalue weighted by atomic mass is 19.4. The largest absolute Gasteiger partial charge is 0.405 e. The SMILES string of the molecule is NCC1(CNC(=O)NCC(F)(F)F)CCCC1. The summed E-state index contributed by atoms with van der Waals surface area (Å²) in [7, 11) is 0. The van der Waals surface area contributed by atoms with Gasteiger partial charge >= 0.3 is 12.2 Å². The number of alkyl halides is 3. The normalized spacial score (nSPS) is 19.1. The summed E-state index contributed by atoms with van der Waals surface area (Å²) in [6, 6.07) is -0.790. The van der Waals surface area contributed by atoms with E-state index in [0.29, 0.717) is 13.1 Å². The van der Waals surface area contributed by atoms with Crippen LogP contribution in [0.3, 0.4) is 0 Å². The standard InChI is InChI=1S/C10H18F3N3O/c11-10(12,13)7-16-8(17)15-6-9(5-14)3-1-2-4-9/h1-7,14H2,(H2,15,16,17). The third-order valence-corrected chi connectivity index (χ3v) is 3.17. The van der Waals surface area contributed by atoms with E-state index < -0.39 is 18.8 Å². The molecule has 0 saturated heterocycles. The number of nitrogens with two attached hydrogens (primary N) is 1. The van der Waals surface area contributed by atoms with E-state index in [4.69, 9.17) is 5.73 Å². The molecule has 0 heterocycles. The maximum atomic E-state index is 11.8. The predicted molar refractivity (Wildman–Crippen MR) is 57.4 cm³/mol. The van der Waals surface area contributed by atoms with Crippen molar-refractivity contribution in [3.8, 4) is 0 Å². The van der Waals surface area contributed by atoms with Gasteiger partial charge in [-0.25, -0.2) is 4.79 Å². The minimum absolute atomic E-state index is 0.129. The van der Waals surface area contributed by atoms with Crippen molar-refractivity contribution in [2.75, 3.05) is 19.6 Å². The lowest BCUT2D eigenvalue weighted by atomic mass is 9.86. The van der Waals surface area contributed by atoms with E-state index in [1.54, 1.807) is 5.32 Å². The number of urea groups is 1. The van der Waals surface area contributed by atoms with E-state index in [1.807, 2.05) is 0 Å². The second-order valence-electron chi connectivity index (χ2n) is 4.56. The number of carbonyl (C=O) groups is 1. The molecule has 17 heavy (non-hydrogen) atoms. The molecule has 0 aromatic heterocycles. The van der Waals surface area contributed by atoms with Crippen LogP contribution in [-0.4, -0.2) is 31.8 Å². The molecule has 1 aliphatic rings. The number of nitrogens with one attached hydrogen (secondary N) is 2. The molecule has 0 radical (unpaired) electrons. The first-order valence-electron chi connectivity index (χ1n) is 5.65. The fourth-order valence-electron chi connectivity index (χ4n) is 2.09. The average molecular weight is 253 g/mol. The molecule has 1 rings (SSSR count). The van der Waals surface area contributed by atoms with Crippen LogP contribution in [0.4, 0.5) is 18.0 Å². The topological polar surface area (TPSA) is 67.1 Å². The molecule has 4 nitrogen and oxygen atoms in total. The Labute approximate surface area is 98.1 Å². The van der Waals surface area contributed by atoms with Gasteiger partial charge in [-0.15, -0.1) is 0 Å². The molecule has 0 spiro atoms. The van der Waals surface area contributed by atoms with Gasteiger partial charge in [0.25, 0.3) is 0 Å². The lowest BCUT2D eigenvalue weighted by molar-refractivity contribution is -0.122. The van der Waals surface area contributed by atoms with Crippen molar-refractivity contribution in [3.05, 3.63) is 0 Å². The number of hydrogen-bond acceptors (Lipinski definition) is 2. The van der Waals surface area contributed by atoms with E-state index in [-0.39, 0.29) is 5.41 Å². The van der Waals surface area contributed by atoms with Gasteiger partial charge in [0.2, 0.25) is 0 Å². The van der Waals surface area contributed by atoms with Gasteiger partial charge in [-0.2, -0.15) is 13.2 Å². The zero-order valence-corrected chi connectivity index (χ0v) is 9.57. The molecule has 7 heteroatoms. The molecular formula is C10H18F3N3O. The van der Waals surface area contributed by atoms with Gasteiger partial charge in [0.1, 0.15) is 6.54 Å². The summed E-state index contributed by atoms with van der Waals surface area (Å²) in [5, 5.41) is 4.23. The van der Waals surface area contributed by atoms with Gasteiger partial charge in [-0.05, 0) is 19.4 Å². The smallest absolute Gasteiger partial charge is 0.338 e. The third kappa shape index (κ3) is 4.80. The first kappa shape index (κ1) is 14.1. The Bertz CT molecular complexity index is 262. The maximum Gasteiger partial charge on any atom is 0.405 e. The molecule has 0 unspecified atom stereocenters. The zero-order valence-electron chi connectivity index (χ0n) is 9.57. The van der Waals surface area contributed by atoms with Crippen molar-refractivity contribution in [2.45, 2.75) is 31.9 Å². The summed E-state index contributed by atoms with van der Waals surface area (Å²) in [5.41, 5.74) is 5.52. The van der Waals surface area contributed by atoms with E-state index in [2.05, 4.69) is 5.32 Å². The fourth-order valence-corrected chi connectivity index (χ4v) is 2.09. The monoisotopic (exact) mass is 253 g/mol. The Morgan fingerprint density at radius 2 is 1.82 bits per heavy atom. The first-order valence-corrected chi connectivity index (χ1v) is 5.65. The maximum absolute atomic E-state index is 11.8. The lowest BCUT2D eigenvalue weighted by Gasteiger charge is -2.27. The van der Waals surface area contributed by atoms with Crippen molar-refractivity contribution < 1.29 is 18.0 Å². The van der Waals surface area contributed by atoms with Gasteiger partial charge < -0.3 is 16.4 Å². The van der Waals surface area contributed by atoms with Crippen molar-refractivity contribution in [1.82, 2.24) is 10.6 Å². The number of carbonyl (C=O) groups excluding carboxylic acids is 1. The molecule has 4 N–H and O–H groups in total. The molecule has 1 aliphatic carbocycles. The predicted octanol–water partition coefficient (Wildman–Crippen LogP) is 1.37. The highest BCUT2D eigenvalue weighted by Gasteiger charge is 2.33. The van der Waals surface area contributed by atoms with Crippen LogP contribution in [-0.2, 0) is 0 Å². The number of hydrogen-bond donors (Lipinski definition) is 3.